The van der Waals surface area contributed by atoms with E-state index in [-0.39, 0.29) is 5.82 Å². The van der Waals surface area contributed by atoms with Crippen LogP contribution in [0.2, 0.25) is 0 Å². The van der Waals surface area contributed by atoms with Crippen LogP contribution in [-0.4, -0.2) is 18.1 Å². The largest absolute Gasteiger partial charge is 0.316 e. The maximum absolute atomic E-state index is 13.0. The summed E-state index contributed by atoms with van der Waals surface area (Å²) in [7, 11) is 0. The lowest BCUT2D eigenvalue weighted by molar-refractivity contribution is 0.629. The number of aromatic nitrogens is 1. The molecule has 16 heavy (non-hydrogen) atoms. The van der Waals surface area contributed by atoms with Crippen molar-refractivity contribution in [3.8, 4) is 0 Å². The Morgan fingerprint density at radius 1 is 1.50 bits per heavy atom. The van der Waals surface area contributed by atoms with E-state index in [0.717, 1.165) is 28.3 Å². The summed E-state index contributed by atoms with van der Waals surface area (Å²) in [6, 6.07) is 4.75. The molecule has 1 aromatic carbocycles. The molecule has 1 unspecified atom stereocenters. The van der Waals surface area contributed by atoms with Gasteiger partial charge in [0.1, 0.15) is 5.82 Å². The minimum Gasteiger partial charge on any atom is -0.316 e. The molecule has 0 saturated heterocycles. The average Bonchev–Trinajstić information content (AvgIpc) is 2.68. The molecule has 1 atom stereocenters. The minimum atomic E-state index is -0.193. The second-order valence-electron chi connectivity index (χ2n) is 3.87. The van der Waals surface area contributed by atoms with Crippen LogP contribution in [0.5, 0.6) is 0 Å². The summed E-state index contributed by atoms with van der Waals surface area (Å²) < 4.78 is 13.9. The molecule has 0 bridgehead atoms. The molecule has 0 fully saturated rings. The molecule has 2 aromatic rings. The van der Waals surface area contributed by atoms with Crippen molar-refractivity contribution >= 4 is 21.6 Å². The highest BCUT2D eigenvalue weighted by atomic mass is 32.1. The summed E-state index contributed by atoms with van der Waals surface area (Å²) in [5, 5.41) is 4.37. The van der Waals surface area contributed by atoms with E-state index in [1.165, 1.54) is 6.07 Å². The number of nitrogens with zero attached hydrogens (tertiary/aromatic N) is 1. The Balaban J connectivity index is 2.25. The SMILES string of the molecule is CCNCC(C)c1nc2ccc(F)cc2s1. The van der Waals surface area contributed by atoms with E-state index in [1.807, 2.05) is 0 Å². The Morgan fingerprint density at radius 2 is 2.31 bits per heavy atom. The number of halogens is 1. The first-order valence-corrected chi connectivity index (χ1v) is 6.29. The Bertz CT molecular complexity index is 481. The molecule has 1 aromatic heterocycles. The quantitative estimate of drug-likeness (QED) is 0.885. The Morgan fingerprint density at radius 3 is 3.06 bits per heavy atom. The van der Waals surface area contributed by atoms with Gasteiger partial charge in [-0.2, -0.15) is 0 Å². The number of thiazole rings is 1. The zero-order valence-corrected chi connectivity index (χ0v) is 10.3. The fourth-order valence-corrected chi connectivity index (χ4v) is 2.62. The van der Waals surface area contributed by atoms with Crippen molar-refractivity contribution in [2.45, 2.75) is 19.8 Å². The van der Waals surface area contributed by atoms with Crippen molar-refractivity contribution in [3.05, 3.63) is 29.0 Å². The first kappa shape index (κ1) is 11.5. The molecule has 0 spiro atoms. The number of fused-ring (bicyclic) bond motifs is 1. The van der Waals surface area contributed by atoms with E-state index >= 15 is 0 Å². The summed E-state index contributed by atoms with van der Waals surface area (Å²) in [5.74, 6) is 0.183. The highest BCUT2D eigenvalue weighted by Gasteiger charge is 2.11. The highest BCUT2D eigenvalue weighted by Crippen LogP contribution is 2.27. The second kappa shape index (κ2) is 4.89. The molecule has 0 aliphatic heterocycles. The van der Waals surface area contributed by atoms with Gasteiger partial charge < -0.3 is 5.32 Å². The lowest BCUT2D eigenvalue weighted by Gasteiger charge is -2.07. The first-order valence-electron chi connectivity index (χ1n) is 5.47. The molecule has 2 nitrogen and oxygen atoms in total. The summed E-state index contributed by atoms with van der Waals surface area (Å²) in [6.07, 6.45) is 0. The van der Waals surface area contributed by atoms with E-state index in [2.05, 4.69) is 24.1 Å². The topological polar surface area (TPSA) is 24.9 Å². The molecule has 0 aliphatic carbocycles. The fraction of sp³-hybridized carbons (Fsp3) is 0.417. The highest BCUT2D eigenvalue weighted by molar-refractivity contribution is 7.18. The third-order valence-corrected chi connectivity index (χ3v) is 3.74. The molecule has 1 N–H and O–H groups in total. The molecule has 0 saturated carbocycles. The van der Waals surface area contributed by atoms with Gasteiger partial charge in [-0.25, -0.2) is 9.37 Å². The Labute approximate surface area is 98.5 Å². The van der Waals surface area contributed by atoms with Crippen LogP contribution >= 0.6 is 11.3 Å². The van der Waals surface area contributed by atoms with Gasteiger partial charge in [-0.15, -0.1) is 11.3 Å². The number of nitrogens with one attached hydrogen (secondary N) is 1. The predicted molar refractivity (Wildman–Crippen MR) is 66.5 cm³/mol. The van der Waals surface area contributed by atoms with Crippen molar-refractivity contribution in [1.29, 1.82) is 0 Å². The van der Waals surface area contributed by atoms with Gasteiger partial charge in [0.2, 0.25) is 0 Å². The summed E-state index contributed by atoms with van der Waals surface area (Å²) in [6.45, 7) is 6.10. The molecule has 2 rings (SSSR count). The van der Waals surface area contributed by atoms with Crippen molar-refractivity contribution in [1.82, 2.24) is 10.3 Å². The van der Waals surface area contributed by atoms with E-state index in [0.29, 0.717) is 5.92 Å². The molecule has 0 radical (unpaired) electrons. The van der Waals surface area contributed by atoms with Gasteiger partial charge >= 0.3 is 0 Å². The summed E-state index contributed by atoms with van der Waals surface area (Å²) in [5.41, 5.74) is 0.893. The average molecular weight is 238 g/mol. The van der Waals surface area contributed by atoms with Crippen molar-refractivity contribution in [2.24, 2.45) is 0 Å². The first-order chi connectivity index (χ1) is 7.70. The van der Waals surface area contributed by atoms with E-state index in [4.69, 9.17) is 0 Å². The van der Waals surface area contributed by atoms with Gasteiger partial charge in [0.15, 0.2) is 0 Å². The normalized spacial score (nSPS) is 13.2. The van der Waals surface area contributed by atoms with Gasteiger partial charge in [0.25, 0.3) is 0 Å². The van der Waals surface area contributed by atoms with Crippen LogP contribution in [0.4, 0.5) is 4.39 Å². The molecular weight excluding hydrogens is 223 g/mol. The molecular formula is C12H15FN2S. The van der Waals surface area contributed by atoms with Crippen LogP contribution in [0.25, 0.3) is 10.2 Å². The summed E-state index contributed by atoms with van der Waals surface area (Å²) in [4.78, 5) is 4.52. The van der Waals surface area contributed by atoms with Crippen LogP contribution in [0, 0.1) is 5.82 Å². The number of likely N-dealkylation sites (N-methyl/N-ethyl adjacent to an activating group) is 1. The van der Waals surface area contributed by atoms with E-state index < -0.39 is 0 Å². The number of benzene rings is 1. The van der Waals surface area contributed by atoms with Gasteiger partial charge in [-0.3, -0.25) is 0 Å². The lowest BCUT2D eigenvalue weighted by Crippen LogP contribution is -2.19. The molecule has 0 aliphatic rings. The fourth-order valence-electron chi connectivity index (χ4n) is 1.58. The van der Waals surface area contributed by atoms with Crippen LogP contribution in [0.1, 0.15) is 24.8 Å². The van der Waals surface area contributed by atoms with Crippen molar-refractivity contribution in [3.63, 3.8) is 0 Å². The third-order valence-electron chi connectivity index (χ3n) is 2.49. The van der Waals surface area contributed by atoms with Gasteiger partial charge in [-0.1, -0.05) is 13.8 Å². The third kappa shape index (κ3) is 2.39. The van der Waals surface area contributed by atoms with Crippen LogP contribution in [-0.2, 0) is 0 Å². The number of hydrogen-bond acceptors (Lipinski definition) is 3. The Kier molecular flexibility index (Phi) is 3.51. The van der Waals surface area contributed by atoms with Crippen LogP contribution < -0.4 is 5.32 Å². The summed E-state index contributed by atoms with van der Waals surface area (Å²) >= 11 is 1.58. The van der Waals surface area contributed by atoms with Crippen LogP contribution in [0.3, 0.4) is 0 Å². The monoisotopic (exact) mass is 238 g/mol. The van der Waals surface area contributed by atoms with Crippen molar-refractivity contribution < 1.29 is 4.39 Å². The zero-order valence-electron chi connectivity index (χ0n) is 9.46. The van der Waals surface area contributed by atoms with Gasteiger partial charge in [0.05, 0.1) is 15.2 Å². The maximum Gasteiger partial charge on any atom is 0.124 e. The smallest absolute Gasteiger partial charge is 0.124 e. The van der Waals surface area contributed by atoms with Crippen LogP contribution in [0.15, 0.2) is 18.2 Å². The molecule has 1 heterocycles. The maximum atomic E-state index is 13.0. The zero-order chi connectivity index (χ0) is 11.5. The van der Waals surface area contributed by atoms with E-state index in [1.54, 1.807) is 23.5 Å². The van der Waals surface area contributed by atoms with E-state index in [9.17, 15) is 4.39 Å². The second-order valence-corrected chi connectivity index (χ2v) is 4.94. The molecule has 86 valence electrons. The van der Waals surface area contributed by atoms with Gasteiger partial charge in [-0.05, 0) is 24.7 Å². The molecule has 0 amide bonds. The number of hydrogen-bond donors (Lipinski definition) is 1. The standard InChI is InChI=1S/C12H15FN2S/c1-3-14-7-8(2)12-15-10-5-4-9(13)6-11(10)16-12/h4-6,8,14H,3,7H2,1-2H3. The minimum absolute atomic E-state index is 0.193. The Hall–Kier alpha value is -1.000. The number of rotatable bonds is 4. The van der Waals surface area contributed by atoms with Crippen molar-refractivity contribution in [2.75, 3.05) is 13.1 Å². The van der Waals surface area contributed by atoms with Gasteiger partial charge in [0, 0.05) is 12.5 Å². The molecule has 4 heteroatoms. The lowest BCUT2D eigenvalue weighted by atomic mass is 10.2. The predicted octanol–water partition coefficient (Wildman–Crippen LogP) is 3.15.